The van der Waals surface area contributed by atoms with Gasteiger partial charge in [0.15, 0.2) is 0 Å². The minimum Gasteiger partial charge on any atom is -0.344 e. The molecule has 2 heterocycles. The summed E-state index contributed by atoms with van der Waals surface area (Å²) >= 11 is 7.18. The molecule has 4 aromatic rings. The average molecular weight is 441 g/mol. The number of benzene rings is 2. The molecule has 0 unspecified atom stereocenters. The molecular weight excluding hydrogens is 421 g/mol. The van der Waals surface area contributed by atoms with Crippen molar-refractivity contribution in [2.75, 3.05) is 0 Å². The molecule has 27 heavy (non-hydrogen) atoms. The second-order valence-electron chi connectivity index (χ2n) is 5.87. The van der Waals surface area contributed by atoms with Crippen LogP contribution in [0, 0.1) is 6.92 Å². The van der Waals surface area contributed by atoms with Crippen molar-refractivity contribution >= 4 is 54.7 Å². The summed E-state index contributed by atoms with van der Waals surface area (Å²) in [5, 5.41) is 3.03. The summed E-state index contributed by atoms with van der Waals surface area (Å²) in [7, 11) is 0. The van der Waals surface area contributed by atoms with Gasteiger partial charge in [0, 0.05) is 0 Å². The van der Waals surface area contributed by atoms with Crippen LogP contribution in [0.2, 0.25) is 5.02 Å². The molecule has 6 heteroatoms. The van der Waals surface area contributed by atoms with Crippen LogP contribution in [0.3, 0.4) is 0 Å². The van der Waals surface area contributed by atoms with E-state index in [1.54, 1.807) is 0 Å². The molecule has 2 aromatic heterocycles. The van der Waals surface area contributed by atoms with E-state index in [4.69, 9.17) is 16.6 Å². The van der Waals surface area contributed by atoms with Gasteiger partial charge < -0.3 is 6.15 Å². The van der Waals surface area contributed by atoms with Crippen LogP contribution in [0.5, 0.6) is 0 Å². The summed E-state index contributed by atoms with van der Waals surface area (Å²) in [6.07, 6.45) is 1.82. The Hall–Kier alpha value is -1.81. The fourth-order valence-corrected chi connectivity index (χ4v) is 4.41. The first-order chi connectivity index (χ1) is 12.1. The van der Waals surface area contributed by atoms with E-state index >= 15 is 0 Å². The molecule has 141 valence electrons. The smallest absolute Gasteiger partial charge is 0.147 e. The van der Waals surface area contributed by atoms with Crippen molar-refractivity contribution in [2.24, 2.45) is 0 Å². The molecule has 0 atom stereocenters. The van der Waals surface area contributed by atoms with E-state index in [9.17, 15) is 0 Å². The minimum atomic E-state index is 0. The molecule has 0 radical (unpaired) electrons. The molecule has 0 aliphatic heterocycles. The second kappa shape index (κ2) is 8.92. The van der Waals surface area contributed by atoms with Crippen molar-refractivity contribution in [3.63, 3.8) is 0 Å². The third kappa shape index (κ3) is 4.21. The third-order valence-electron chi connectivity index (χ3n) is 4.13. The van der Waals surface area contributed by atoms with Crippen molar-refractivity contribution in [1.82, 2.24) is 16.1 Å². The molecule has 0 aliphatic carbocycles. The van der Waals surface area contributed by atoms with Crippen LogP contribution in [0.1, 0.15) is 18.2 Å². The summed E-state index contributed by atoms with van der Waals surface area (Å²) in [4.78, 5) is 9.45. The maximum Gasteiger partial charge on any atom is -0.147 e. The largest absolute Gasteiger partial charge is 0.344 e. The monoisotopic (exact) mass is 440 g/mol. The Labute approximate surface area is 175 Å². The fraction of sp³-hybridized carbons (Fsp3) is 0.0952. The first-order valence-electron chi connectivity index (χ1n) is 7.99. The van der Waals surface area contributed by atoms with Gasteiger partial charge >= 0.3 is 158 Å². The number of fused-ring (bicyclic) bond motifs is 3. The number of aryl methyl sites for hydroxylation is 1. The predicted octanol–water partition coefficient (Wildman–Crippen LogP) is 5.28. The van der Waals surface area contributed by atoms with Crippen LogP contribution >= 0.6 is 24.0 Å². The van der Waals surface area contributed by atoms with Crippen LogP contribution < -0.4 is 10.6 Å². The van der Waals surface area contributed by atoms with Crippen LogP contribution in [0.4, 0.5) is 0 Å². The molecule has 4 rings (SSSR count). The number of nitrogens with zero attached hydrogens (tertiary/aromatic N) is 2. The van der Waals surface area contributed by atoms with Gasteiger partial charge in [0.1, 0.15) is 0 Å². The molecule has 2 aromatic carbocycles. The van der Waals surface area contributed by atoms with E-state index in [0.717, 1.165) is 47.0 Å². The van der Waals surface area contributed by atoms with E-state index in [1.807, 2.05) is 24.4 Å². The van der Waals surface area contributed by atoms with E-state index < -0.39 is 0 Å². The molecule has 3 N–H and O–H groups in total. The third-order valence-corrected chi connectivity index (χ3v) is 6.30. The van der Waals surface area contributed by atoms with Gasteiger partial charge in [-0.05, 0) is 0 Å². The zero-order chi connectivity index (χ0) is 17.4. The first-order valence-corrected chi connectivity index (χ1v) is 9.47. The van der Waals surface area contributed by atoms with Crippen LogP contribution in [-0.2, 0) is 14.5 Å². The summed E-state index contributed by atoms with van der Waals surface area (Å²) in [6, 6.07) is 18.5. The topological polar surface area (TPSA) is 60.8 Å². The number of hydrogen-bond acceptors (Lipinski definition) is 3. The quantitative estimate of drug-likeness (QED) is 0.340. The minimum absolute atomic E-state index is 0. The maximum absolute atomic E-state index is 6.39. The van der Waals surface area contributed by atoms with Gasteiger partial charge in [0.05, 0.1) is 0 Å². The average Bonchev–Trinajstić information content (AvgIpc) is 2.64. The molecule has 0 spiro atoms. The predicted molar refractivity (Wildman–Crippen MR) is 115 cm³/mol. The first kappa shape index (κ1) is 21.5. The summed E-state index contributed by atoms with van der Waals surface area (Å²) in [5.74, 6) is 0. The van der Waals surface area contributed by atoms with Gasteiger partial charge in [-0.3, -0.25) is 0 Å². The Bertz CT molecular complexity index is 1120. The van der Waals surface area contributed by atoms with Gasteiger partial charge in [0.25, 0.3) is 0 Å². The Morgan fingerprint density at radius 1 is 0.926 bits per heavy atom. The summed E-state index contributed by atoms with van der Waals surface area (Å²) in [5.41, 5.74) is 4.10. The Balaban J connectivity index is 0.00000131. The maximum atomic E-state index is 6.39. The van der Waals surface area contributed by atoms with E-state index in [2.05, 4.69) is 55.2 Å². The number of aromatic nitrogens is 2. The van der Waals surface area contributed by atoms with E-state index in [1.165, 1.54) is 14.4 Å². The van der Waals surface area contributed by atoms with Gasteiger partial charge in [-0.2, -0.15) is 0 Å². The fourth-order valence-electron chi connectivity index (χ4n) is 2.81. The molecule has 0 bridgehead atoms. The number of halogens is 2. The molecule has 0 saturated heterocycles. The number of rotatable bonds is 2. The van der Waals surface area contributed by atoms with Gasteiger partial charge in [-0.25, -0.2) is 0 Å². The van der Waals surface area contributed by atoms with Gasteiger partial charge in [-0.1, -0.05) is 0 Å². The van der Waals surface area contributed by atoms with Gasteiger partial charge in [-0.15, -0.1) is 12.4 Å². The Kier molecular flexibility index (Phi) is 7.10. The normalized spacial score (nSPS) is 11.4. The molecular formula is C21H20Cl2FeN3. The van der Waals surface area contributed by atoms with Crippen molar-refractivity contribution < 1.29 is 14.5 Å². The van der Waals surface area contributed by atoms with Crippen LogP contribution in [0.15, 0.2) is 60.8 Å². The van der Waals surface area contributed by atoms with Crippen molar-refractivity contribution in [3.05, 3.63) is 77.1 Å². The van der Waals surface area contributed by atoms with Crippen LogP contribution in [0.25, 0.3) is 21.8 Å². The van der Waals surface area contributed by atoms with Gasteiger partial charge in [0.2, 0.25) is 0 Å². The van der Waals surface area contributed by atoms with Crippen molar-refractivity contribution in [2.45, 2.75) is 13.8 Å². The standard InChI is InChI=1S/C14H10N2.C7H6Cl.ClH.Fe.H3N/c1-2-12-8-7-11-6-5-10-4-3-9-15-13(10)14(11)16-12;1-6-3-2-4-7(8)5-6;;;/h3-9H,1H3;2-4H,1H3;1H;;1H3. The summed E-state index contributed by atoms with van der Waals surface area (Å²) < 4.78 is 2.37. The Morgan fingerprint density at radius 3 is 2.37 bits per heavy atom. The number of pyridine rings is 2. The van der Waals surface area contributed by atoms with Crippen LogP contribution in [-0.4, -0.2) is 14.4 Å². The molecule has 0 fully saturated rings. The second-order valence-corrected chi connectivity index (χ2v) is 7.93. The SMILES string of the molecule is C/[C](=[Fe]\[c]1c(C)cccc1Cl)c1ccc2ccc3cccnc3c2n1.Cl.N. The Morgan fingerprint density at radius 2 is 1.63 bits per heavy atom. The van der Waals surface area contributed by atoms with Crippen molar-refractivity contribution in [1.29, 1.82) is 0 Å². The summed E-state index contributed by atoms with van der Waals surface area (Å²) in [6.45, 7) is 4.22. The zero-order valence-electron chi connectivity index (χ0n) is 15.0. The zero-order valence-corrected chi connectivity index (χ0v) is 17.7. The molecule has 0 amide bonds. The molecule has 3 nitrogen and oxygen atoms in total. The van der Waals surface area contributed by atoms with E-state index in [-0.39, 0.29) is 18.6 Å². The van der Waals surface area contributed by atoms with Crippen molar-refractivity contribution in [3.8, 4) is 0 Å². The molecule has 0 saturated carbocycles. The molecule has 0 aliphatic rings. The number of hydrogen-bond donors (Lipinski definition) is 1. The van der Waals surface area contributed by atoms with E-state index in [0.29, 0.717) is 0 Å².